The van der Waals surface area contributed by atoms with E-state index in [4.69, 9.17) is 15.0 Å². The lowest BCUT2D eigenvalue weighted by atomic mass is 10.2. The number of nitrogens with zero attached hydrogens (tertiary/aromatic N) is 2. The Kier molecular flexibility index (Phi) is 2.96. The number of hydrogen-bond donors (Lipinski definition) is 1. The molecule has 2 rings (SSSR count). The molecule has 1 heterocycles. The Morgan fingerprint density at radius 2 is 2.25 bits per heavy atom. The Hall–Kier alpha value is -1.75. The third-order valence-corrected chi connectivity index (χ3v) is 2.29. The van der Waals surface area contributed by atoms with E-state index in [1.165, 1.54) is 0 Å². The Bertz CT molecular complexity index is 479. The van der Waals surface area contributed by atoms with Gasteiger partial charge in [0.1, 0.15) is 6.61 Å². The van der Waals surface area contributed by atoms with Crippen LogP contribution in [0.25, 0.3) is 11.0 Å². The number of hydrogen-bond acceptors (Lipinski definition) is 5. The molecule has 1 aromatic heterocycles. The van der Waals surface area contributed by atoms with Crippen LogP contribution in [0.1, 0.15) is 0 Å². The molecule has 1 aromatic carbocycles. The Morgan fingerprint density at radius 1 is 1.44 bits per heavy atom. The van der Waals surface area contributed by atoms with Crippen LogP contribution in [-0.4, -0.2) is 32.4 Å². The highest BCUT2D eigenvalue weighted by molar-refractivity contribution is 5.85. The van der Waals surface area contributed by atoms with Crippen LogP contribution >= 0.6 is 0 Å². The lowest BCUT2D eigenvalue weighted by Crippen LogP contribution is -2.11. The van der Waals surface area contributed by atoms with Crippen molar-refractivity contribution < 1.29 is 9.26 Å². The smallest absolute Gasteiger partial charge is 0.262 e. The molecule has 0 bridgehead atoms. The van der Waals surface area contributed by atoms with Gasteiger partial charge in [0, 0.05) is 26.3 Å². The van der Waals surface area contributed by atoms with Crippen molar-refractivity contribution in [3.8, 4) is 5.88 Å². The zero-order valence-corrected chi connectivity index (χ0v) is 9.43. The third kappa shape index (κ3) is 1.94. The summed E-state index contributed by atoms with van der Waals surface area (Å²) in [5, 5.41) is 4.74. The first-order chi connectivity index (χ1) is 7.72. The van der Waals surface area contributed by atoms with Gasteiger partial charge in [0.15, 0.2) is 5.58 Å². The van der Waals surface area contributed by atoms with E-state index in [9.17, 15) is 0 Å². The highest BCUT2D eigenvalue weighted by Crippen LogP contribution is 2.28. The molecule has 86 valence electrons. The monoisotopic (exact) mass is 221 g/mol. The fourth-order valence-electron chi connectivity index (χ4n) is 1.44. The highest BCUT2D eigenvalue weighted by atomic mass is 16.5. The summed E-state index contributed by atoms with van der Waals surface area (Å²) in [6, 6.07) is 5.84. The summed E-state index contributed by atoms with van der Waals surface area (Å²) in [6.45, 7) is 0.898. The number of ether oxygens (including phenoxy) is 1. The minimum Gasteiger partial charge on any atom is -0.474 e. The molecule has 0 spiro atoms. The van der Waals surface area contributed by atoms with Crippen LogP contribution in [0.2, 0.25) is 0 Å². The molecular formula is C11H15N3O2. The average Bonchev–Trinajstić information content (AvgIpc) is 2.68. The molecule has 0 fully saturated rings. The fraction of sp³-hybridized carbons (Fsp3) is 0.364. The van der Waals surface area contributed by atoms with Gasteiger partial charge in [-0.05, 0) is 23.4 Å². The van der Waals surface area contributed by atoms with E-state index in [0.717, 1.165) is 16.7 Å². The summed E-state index contributed by atoms with van der Waals surface area (Å²) in [7, 11) is 3.96. The van der Waals surface area contributed by atoms with Crippen molar-refractivity contribution in [2.45, 2.75) is 0 Å². The van der Waals surface area contributed by atoms with E-state index in [1.54, 1.807) is 0 Å². The predicted molar refractivity (Wildman–Crippen MR) is 62.9 cm³/mol. The summed E-state index contributed by atoms with van der Waals surface area (Å²) in [5.41, 5.74) is 7.17. The minimum atomic E-state index is 0.438. The van der Waals surface area contributed by atoms with Gasteiger partial charge in [0.05, 0.1) is 5.39 Å². The van der Waals surface area contributed by atoms with Gasteiger partial charge in [-0.15, -0.1) is 0 Å². The topological polar surface area (TPSA) is 64.5 Å². The van der Waals surface area contributed by atoms with Crippen LogP contribution in [0.5, 0.6) is 5.88 Å². The number of nitrogens with two attached hydrogens (primary N) is 1. The second-order valence-electron chi connectivity index (χ2n) is 3.70. The third-order valence-electron chi connectivity index (χ3n) is 2.29. The van der Waals surface area contributed by atoms with Crippen molar-refractivity contribution in [2.75, 3.05) is 32.1 Å². The molecule has 0 saturated heterocycles. The summed E-state index contributed by atoms with van der Waals surface area (Å²) in [6.07, 6.45) is 0. The Balaban J connectivity index is 2.39. The molecule has 2 N–H and O–H groups in total. The predicted octanol–water partition coefficient (Wildman–Crippen LogP) is 1.23. The SMILES string of the molecule is CN(C)c1ccc2onc(OCCN)c2c1. The molecule has 0 aliphatic rings. The van der Waals surface area contributed by atoms with Gasteiger partial charge in [0.2, 0.25) is 0 Å². The molecule has 5 nitrogen and oxygen atoms in total. The van der Waals surface area contributed by atoms with Crippen molar-refractivity contribution in [3.05, 3.63) is 18.2 Å². The molecule has 0 atom stereocenters. The quantitative estimate of drug-likeness (QED) is 0.841. The lowest BCUT2D eigenvalue weighted by Gasteiger charge is -2.11. The molecular weight excluding hydrogens is 206 g/mol. The van der Waals surface area contributed by atoms with Gasteiger partial charge in [-0.1, -0.05) is 0 Å². The van der Waals surface area contributed by atoms with Gasteiger partial charge < -0.3 is 19.9 Å². The average molecular weight is 221 g/mol. The van der Waals surface area contributed by atoms with Crippen molar-refractivity contribution >= 4 is 16.7 Å². The van der Waals surface area contributed by atoms with E-state index >= 15 is 0 Å². The molecule has 0 radical (unpaired) electrons. The van der Waals surface area contributed by atoms with Gasteiger partial charge in [-0.25, -0.2) is 0 Å². The molecule has 5 heteroatoms. The van der Waals surface area contributed by atoms with E-state index in [-0.39, 0.29) is 0 Å². The van der Waals surface area contributed by atoms with Crippen LogP contribution in [0.15, 0.2) is 22.7 Å². The van der Waals surface area contributed by atoms with Gasteiger partial charge in [-0.2, -0.15) is 0 Å². The number of aromatic nitrogens is 1. The first-order valence-electron chi connectivity index (χ1n) is 5.12. The van der Waals surface area contributed by atoms with Crippen LogP contribution in [0.3, 0.4) is 0 Å². The standard InChI is InChI=1S/C11H15N3O2/c1-14(2)8-3-4-10-9(7-8)11(13-16-10)15-6-5-12/h3-4,7H,5-6,12H2,1-2H3. The van der Waals surface area contributed by atoms with Crippen LogP contribution in [0, 0.1) is 0 Å². The zero-order chi connectivity index (χ0) is 11.5. The summed E-state index contributed by atoms with van der Waals surface area (Å²) in [5.74, 6) is 0.504. The van der Waals surface area contributed by atoms with Gasteiger partial charge >= 0.3 is 0 Å². The summed E-state index contributed by atoms with van der Waals surface area (Å²) in [4.78, 5) is 2.01. The summed E-state index contributed by atoms with van der Waals surface area (Å²) < 4.78 is 10.5. The van der Waals surface area contributed by atoms with E-state index in [0.29, 0.717) is 19.0 Å². The summed E-state index contributed by atoms with van der Waals surface area (Å²) >= 11 is 0. The lowest BCUT2D eigenvalue weighted by molar-refractivity contribution is 0.293. The second-order valence-corrected chi connectivity index (χ2v) is 3.70. The molecule has 0 aliphatic carbocycles. The maximum Gasteiger partial charge on any atom is 0.262 e. The second kappa shape index (κ2) is 4.40. The number of rotatable bonds is 4. The maximum atomic E-state index is 5.39. The minimum absolute atomic E-state index is 0.438. The van der Waals surface area contributed by atoms with Gasteiger partial charge in [0.25, 0.3) is 5.88 Å². The van der Waals surface area contributed by atoms with E-state index in [2.05, 4.69) is 5.16 Å². The first-order valence-corrected chi connectivity index (χ1v) is 5.12. The molecule has 0 aliphatic heterocycles. The van der Waals surface area contributed by atoms with E-state index < -0.39 is 0 Å². The van der Waals surface area contributed by atoms with Crippen LogP contribution in [0.4, 0.5) is 5.69 Å². The molecule has 2 aromatic rings. The molecule has 0 saturated carbocycles. The van der Waals surface area contributed by atoms with Crippen LogP contribution < -0.4 is 15.4 Å². The van der Waals surface area contributed by atoms with Gasteiger partial charge in [-0.3, -0.25) is 0 Å². The molecule has 0 amide bonds. The zero-order valence-electron chi connectivity index (χ0n) is 9.43. The first kappa shape index (κ1) is 10.8. The Labute approximate surface area is 93.8 Å². The van der Waals surface area contributed by atoms with Crippen molar-refractivity contribution in [3.63, 3.8) is 0 Å². The molecule has 0 unspecified atom stereocenters. The molecule has 16 heavy (non-hydrogen) atoms. The number of fused-ring (bicyclic) bond motifs is 1. The maximum absolute atomic E-state index is 5.39. The highest BCUT2D eigenvalue weighted by Gasteiger charge is 2.10. The van der Waals surface area contributed by atoms with Crippen molar-refractivity contribution in [2.24, 2.45) is 5.73 Å². The largest absolute Gasteiger partial charge is 0.474 e. The van der Waals surface area contributed by atoms with Crippen LogP contribution in [-0.2, 0) is 0 Å². The van der Waals surface area contributed by atoms with E-state index in [1.807, 2.05) is 37.2 Å². The normalized spacial score (nSPS) is 10.7. The fourth-order valence-corrected chi connectivity index (χ4v) is 1.44. The van der Waals surface area contributed by atoms with Crippen molar-refractivity contribution in [1.82, 2.24) is 5.16 Å². The number of benzene rings is 1. The number of anilines is 1. The van der Waals surface area contributed by atoms with Crippen molar-refractivity contribution in [1.29, 1.82) is 0 Å². The Morgan fingerprint density at radius 3 is 2.94 bits per heavy atom.